The molecule has 0 bridgehead atoms. The van der Waals surface area contributed by atoms with Crippen molar-refractivity contribution < 1.29 is 19.1 Å². The van der Waals surface area contributed by atoms with E-state index in [2.05, 4.69) is 11.9 Å². The summed E-state index contributed by atoms with van der Waals surface area (Å²) in [7, 11) is 1.51. The van der Waals surface area contributed by atoms with Gasteiger partial charge in [0.15, 0.2) is 0 Å². The van der Waals surface area contributed by atoms with Crippen LogP contribution in [0.3, 0.4) is 0 Å². The molecule has 1 aliphatic rings. The lowest BCUT2D eigenvalue weighted by Gasteiger charge is -2.31. The number of nitrogens with zero attached hydrogens (tertiary/aromatic N) is 2. The molecule has 0 spiro atoms. The van der Waals surface area contributed by atoms with E-state index in [1.165, 1.54) is 12.0 Å². The van der Waals surface area contributed by atoms with E-state index in [1.54, 1.807) is 36.1 Å². The maximum absolute atomic E-state index is 13.0. The van der Waals surface area contributed by atoms with Crippen LogP contribution in [0, 0.1) is 10.8 Å². The molecule has 0 aliphatic carbocycles. The first kappa shape index (κ1) is 28.4. The summed E-state index contributed by atoms with van der Waals surface area (Å²) < 4.78 is 11.0. The van der Waals surface area contributed by atoms with Gasteiger partial charge in [0.25, 0.3) is 5.91 Å². The van der Waals surface area contributed by atoms with E-state index in [9.17, 15) is 9.59 Å². The summed E-state index contributed by atoms with van der Waals surface area (Å²) in [5.74, 6) is 0.295. The normalized spacial score (nSPS) is 13.6. The number of ether oxygens (including phenoxy) is 2. The Morgan fingerprint density at radius 1 is 1.28 bits per heavy atom. The van der Waals surface area contributed by atoms with E-state index in [0.717, 1.165) is 17.5 Å². The van der Waals surface area contributed by atoms with Crippen molar-refractivity contribution in [3.8, 4) is 5.75 Å². The van der Waals surface area contributed by atoms with Crippen molar-refractivity contribution in [2.24, 2.45) is 0 Å². The summed E-state index contributed by atoms with van der Waals surface area (Å²) in [5, 5.41) is 18.2. The monoisotopic (exact) mass is 495 g/mol. The second-order valence-corrected chi connectivity index (χ2v) is 9.42. The largest absolute Gasteiger partial charge is 0.496 e. The molecule has 36 heavy (non-hydrogen) atoms. The molecule has 9 nitrogen and oxygen atoms in total. The Balaban J connectivity index is 2.14. The minimum Gasteiger partial charge on any atom is -0.496 e. The molecule has 0 unspecified atom stereocenters. The SMILES string of the molecule is C=C(/C=C\C=C(/C)C(=N)N(C=N)CC)NC(=O)c1cc2c(cc1OC)CCN(C(=O)OC(C)(C)C)C2. The van der Waals surface area contributed by atoms with E-state index in [-0.39, 0.29) is 17.8 Å². The zero-order chi connectivity index (χ0) is 27.0. The first-order valence-electron chi connectivity index (χ1n) is 11.8. The first-order chi connectivity index (χ1) is 16.9. The molecule has 0 aromatic heterocycles. The van der Waals surface area contributed by atoms with Crippen molar-refractivity contribution >= 4 is 24.2 Å². The molecular formula is C27H37N5O4. The molecule has 2 amide bonds. The van der Waals surface area contributed by atoms with Crippen LogP contribution in [0.25, 0.3) is 0 Å². The standard InChI is InChI=1S/C27H37N5O4/c1-8-31(17-28)24(29)18(2)10-9-11-19(3)30-25(33)22-14-21-16-32(26(34)36-27(4,5)6)13-12-20(21)15-23(22)35-7/h9-11,14-15,17,28-29H,3,8,12-13,16H2,1-2,4-7H3,(H,30,33)/b11-9-,18-10+,28-17?,29-24?. The van der Waals surface area contributed by atoms with Crippen LogP contribution in [0.1, 0.15) is 56.1 Å². The molecule has 1 aliphatic heterocycles. The molecule has 194 valence electrons. The van der Waals surface area contributed by atoms with Gasteiger partial charge in [0.1, 0.15) is 17.2 Å². The third-order valence-corrected chi connectivity index (χ3v) is 5.51. The molecule has 0 saturated heterocycles. The maximum atomic E-state index is 13.0. The van der Waals surface area contributed by atoms with E-state index < -0.39 is 5.60 Å². The second-order valence-electron chi connectivity index (χ2n) is 9.42. The van der Waals surface area contributed by atoms with Crippen molar-refractivity contribution in [1.29, 1.82) is 10.8 Å². The zero-order valence-corrected chi connectivity index (χ0v) is 22.0. The zero-order valence-electron chi connectivity index (χ0n) is 22.0. The molecule has 9 heteroatoms. The molecule has 1 aromatic rings. The smallest absolute Gasteiger partial charge is 0.410 e. The molecule has 0 fully saturated rings. The number of amides is 2. The third kappa shape index (κ3) is 7.56. The Morgan fingerprint density at radius 2 is 1.97 bits per heavy atom. The number of rotatable bonds is 8. The molecule has 1 aromatic carbocycles. The maximum Gasteiger partial charge on any atom is 0.410 e. The van der Waals surface area contributed by atoms with Crippen LogP contribution >= 0.6 is 0 Å². The van der Waals surface area contributed by atoms with Crippen LogP contribution in [0.15, 0.2) is 48.2 Å². The first-order valence-corrected chi connectivity index (χ1v) is 11.8. The van der Waals surface area contributed by atoms with Gasteiger partial charge >= 0.3 is 6.09 Å². The Bertz CT molecular complexity index is 1100. The number of allylic oxidation sites excluding steroid dienone is 3. The van der Waals surface area contributed by atoms with Gasteiger partial charge in [-0.3, -0.25) is 15.6 Å². The minimum absolute atomic E-state index is 0.228. The van der Waals surface area contributed by atoms with Crippen LogP contribution < -0.4 is 10.1 Å². The molecule has 0 radical (unpaired) electrons. The number of hydrogen-bond acceptors (Lipinski definition) is 6. The van der Waals surface area contributed by atoms with Crippen molar-refractivity contribution in [2.75, 3.05) is 20.2 Å². The highest BCUT2D eigenvalue weighted by atomic mass is 16.6. The summed E-state index contributed by atoms with van der Waals surface area (Å²) in [4.78, 5) is 28.7. The van der Waals surface area contributed by atoms with E-state index in [4.69, 9.17) is 20.3 Å². The lowest BCUT2D eigenvalue weighted by molar-refractivity contribution is 0.0224. The number of carbonyl (C=O) groups excluding carboxylic acids is 2. The van der Waals surface area contributed by atoms with Crippen molar-refractivity contribution in [3.05, 3.63) is 64.9 Å². The number of hydrogen-bond donors (Lipinski definition) is 3. The predicted molar refractivity (Wildman–Crippen MR) is 142 cm³/mol. The third-order valence-electron chi connectivity index (χ3n) is 5.51. The Hall–Kier alpha value is -3.88. The molecular weight excluding hydrogens is 458 g/mol. The van der Waals surface area contributed by atoms with E-state index in [1.807, 2.05) is 33.8 Å². The average molecular weight is 496 g/mol. The summed E-state index contributed by atoms with van der Waals surface area (Å²) in [6, 6.07) is 3.59. The van der Waals surface area contributed by atoms with Crippen molar-refractivity contribution in [2.45, 2.75) is 53.2 Å². The summed E-state index contributed by atoms with van der Waals surface area (Å²) in [6.07, 6.45) is 6.40. The topological polar surface area (TPSA) is 119 Å². The molecule has 2 rings (SSSR count). The number of nitrogens with one attached hydrogen (secondary N) is 3. The summed E-state index contributed by atoms with van der Waals surface area (Å²) >= 11 is 0. The Morgan fingerprint density at radius 3 is 2.56 bits per heavy atom. The van der Waals surface area contributed by atoms with Gasteiger partial charge in [-0.1, -0.05) is 18.7 Å². The van der Waals surface area contributed by atoms with Crippen molar-refractivity contribution in [1.82, 2.24) is 15.1 Å². The van der Waals surface area contributed by atoms with Crippen LogP contribution in [0.5, 0.6) is 5.75 Å². The Kier molecular flexibility index (Phi) is 9.60. The summed E-state index contributed by atoms with van der Waals surface area (Å²) in [5.41, 5.74) is 2.68. The van der Waals surface area contributed by atoms with Gasteiger partial charge in [0, 0.05) is 25.3 Å². The molecule has 0 saturated carbocycles. The quantitative estimate of drug-likeness (QED) is 0.276. The van der Waals surface area contributed by atoms with Crippen LogP contribution in [0.2, 0.25) is 0 Å². The van der Waals surface area contributed by atoms with Crippen molar-refractivity contribution in [3.63, 3.8) is 0 Å². The highest BCUT2D eigenvalue weighted by Crippen LogP contribution is 2.29. The van der Waals surface area contributed by atoms with E-state index >= 15 is 0 Å². The fourth-order valence-electron chi connectivity index (χ4n) is 3.60. The lowest BCUT2D eigenvalue weighted by Crippen LogP contribution is -2.40. The fraction of sp³-hybridized carbons (Fsp3) is 0.407. The lowest BCUT2D eigenvalue weighted by atomic mass is 9.96. The highest BCUT2D eigenvalue weighted by Gasteiger charge is 2.27. The summed E-state index contributed by atoms with van der Waals surface area (Å²) in [6.45, 7) is 14.4. The highest BCUT2D eigenvalue weighted by molar-refractivity contribution is 6.01. The minimum atomic E-state index is -0.584. The van der Waals surface area contributed by atoms with Gasteiger partial charge in [-0.15, -0.1) is 0 Å². The number of benzene rings is 1. The van der Waals surface area contributed by atoms with Crippen LogP contribution in [-0.2, 0) is 17.7 Å². The number of likely N-dealkylation sites (N-methyl/N-ethyl adjacent to an activating group) is 1. The number of amidine groups is 1. The molecule has 0 atom stereocenters. The number of fused-ring (bicyclic) bond motifs is 1. The van der Waals surface area contributed by atoms with Gasteiger partial charge in [-0.05, 0) is 75.9 Å². The average Bonchev–Trinajstić information content (AvgIpc) is 2.82. The van der Waals surface area contributed by atoms with Gasteiger partial charge in [0.05, 0.1) is 19.0 Å². The van der Waals surface area contributed by atoms with Gasteiger partial charge in [0.2, 0.25) is 0 Å². The number of methoxy groups -OCH3 is 1. The molecule has 1 heterocycles. The second kappa shape index (κ2) is 12.2. The fourth-order valence-corrected chi connectivity index (χ4v) is 3.60. The Labute approximate surface area is 213 Å². The van der Waals surface area contributed by atoms with E-state index in [0.29, 0.717) is 48.6 Å². The molecule has 3 N–H and O–H groups in total. The van der Waals surface area contributed by atoms with Gasteiger partial charge in [-0.25, -0.2) is 4.79 Å². The number of carbonyl (C=O) groups is 2. The van der Waals surface area contributed by atoms with Crippen LogP contribution in [-0.4, -0.2) is 59.8 Å². The van der Waals surface area contributed by atoms with Crippen LogP contribution in [0.4, 0.5) is 4.79 Å². The predicted octanol–water partition coefficient (Wildman–Crippen LogP) is 4.64. The van der Waals surface area contributed by atoms with Gasteiger partial charge in [-0.2, -0.15) is 0 Å². The van der Waals surface area contributed by atoms with Gasteiger partial charge < -0.3 is 24.6 Å².